The molecule has 2 amide bonds. The standard InChI is InChI=1S/C24H27ClN6O5S2/c1-4-30-22(19(11-12-37-3)27-23(33)15-5-8-17(36-2)9-6-15)28-29-24(30)38-14-21(32)26-20-13-16(31(34)35)7-10-18(20)25/h5-10,13,19H,4,11-12,14H2,1-3H3,(H,26,32)(H,27,33). The lowest BCUT2D eigenvalue weighted by molar-refractivity contribution is -0.384. The molecule has 0 fully saturated rings. The molecule has 1 heterocycles. The summed E-state index contributed by atoms with van der Waals surface area (Å²) < 4.78 is 7.02. The Bertz CT molecular complexity index is 1290. The monoisotopic (exact) mass is 578 g/mol. The average Bonchev–Trinajstić information content (AvgIpc) is 3.33. The van der Waals surface area contributed by atoms with E-state index in [0.717, 1.165) is 5.75 Å². The van der Waals surface area contributed by atoms with Crippen LogP contribution in [0, 0.1) is 10.1 Å². The summed E-state index contributed by atoms with van der Waals surface area (Å²) in [6.45, 7) is 2.45. The number of nitro groups is 1. The molecular weight excluding hydrogens is 552 g/mol. The van der Waals surface area contributed by atoms with E-state index in [2.05, 4.69) is 20.8 Å². The zero-order valence-electron chi connectivity index (χ0n) is 21.0. The lowest BCUT2D eigenvalue weighted by Gasteiger charge is -2.19. The molecule has 0 aliphatic heterocycles. The average molecular weight is 579 g/mol. The van der Waals surface area contributed by atoms with Crippen LogP contribution in [0.3, 0.4) is 0 Å². The number of hydrogen-bond acceptors (Lipinski definition) is 9. The Balaban J connectivity index is 1.72. The molecule has 0 radical (unpaired) electrons. The number of anilines is 1. The number of ether oxygens (including phenoxy) is 1. The molecule has 1 aromatic heterocycles. The molecule has 2 aromatic carbocycles. The van der Waals surface area contributed by atoms with Crippen molar-refractivity contribution in [2.24, 2.45) is 0 Å². The second kappa shape index (κ2) is 14.0. The Kier molecular flexibility index (Phi) is 10.8. The molecule has 2 N–H and O–H groups in total. The molecule has 38 heavy (non-hydrogen) atoms. The third-order valence-electron chi connectivity index (χ3n) is 5.41. The van der Waals surface area contributed by atoms with E-state index in [4.69, 9.17) is 16.3 Å². The third kappa shape index (κ3) is 7.62. The number of carbonyl (C=O) groups excluding carboxylic acids is 2. The number of methoxy groups -OCH3 is 1. The number of amides is 2. The Morgan fingerprint density at radius 3 is 2.58 bits per heavy atom. The molecule has 1 unspecified atom stereocenters. The first-order valence-electron chi connectivity index (χ1n) is 11.5. The van der Waals surface area contributed by atoms with E-state index >= 15 is 0 Å². The van der Waals surface area contributed by atoms with E-state index in [1.807, 2.05) is 17.7 Å². The normalized spacial score (nSPS) is 11.6. The Hall–Kier alpha value is -3.29. The molecule has 0 saturated heterocycles. The van der Waals surface area contributed by atoms with Gasteiger partial charge < -0.3 is 19.9 Å². The topological polar surface area (TPSA) is 141 Å². The van der Waals surface area contributed by atoms with Crippen molar-refractivity contribution in [3.8, 4) is 5.75 Å². The Labute approximate surface area is 233 Å². The minimum atomic E-state index is -0.563. The predicted molar refractivity (Wildman–Crippen MR) is 149 cm³/mol. The number of hydrogen-bond donors (Lipinski definition) is 2. The fraction of sp³-hybridized carbons (Fsp3) is 0.333. The highest BCUT2D eigenvalue weighted by atomic mass is 35.5. The largest absolute Gasteiger partial charge is 0.497 e. The van der Waals surface area contributed by atoms with Gasteiger partial charge in [-0.05, 0) is 55.7 Å². The van der Waals surface area contributed by atoms with Crippen molar-refractivity contribution in [1.82, 2.24) is 20.1 Å². The van der Waals surface area contributed by atoms with Crippen molar-refractivity contribution in [2.75, 3.05) is 30.2 Å². The van der Waals surface area contributed by atoms with Gasteiger partial charge in [0.15, 0.2) is 11.0 Å². The maximum atomic E-state index is 13.0. The van der Waals surface area contributed by atoms with E-state index in [-0.39, 0.29) is 28.1 Å². The van der Waals surface area contributed by atoms with E-state index in [1.165, 1.54) is 30.0 Å². The van der Waals surface area contributed by atoms with E-state index in [0.29, 0.717) is 35.3 Å². The van der Waals surface area contributed by atoms with Crippen LogP contribution in [-0.4, -0.2) is 56.4 Å². The summed E-state index contributed by atoms with van der Waals surface area (Å²) in [6.07, 6.45) is 2.62. The molecular formula is C24H27ClN6O5S2. The summed E-state index contributed by atoms with van der Waals surface area (Å²) in [4.78, 5) is 36.0. The number of carbonyl (C=O) groups is 2. The summed E-state index contributed by atoms with van der Waals surface area (Å²) >= 11 is 8.90. The van der Waals surface area contributed by atoms with Crippen LogP contribution in [0.1, 0.15) is 35.6 Å². The summed E-state index contributed by atoms with van der Waals surface area (Å²) in [6, 6.07) is 10.3. The molecule has 0 saturated carbocycles. The minimum absolute atomic E-state index is 0.0230. The Morgan fingerprint density at radius 1 is 1.21 bits per heavy atom. The van der Waals surface area contributed by atoms with Crippen LogP contribution in [-0.2, 0) is 11.3 Å². The van der Waals surface area contributed by atoms with Crippen LogP contribution in [0.4, 0.5) is 11.4 Å². The first-order valence-corrected chi connectivity index (χ1v) is 14.3. The van der Waals surface area contributed by atoms with Gasteiger partial charge >= 0.3 is 0 Å². The highest BCUT2D eigenvalue weighted by molar-refractivity contribution is 7.99. The molecule has 14 heteroatoms. The van der Waals surface area contributed by atoms with Gasteiger partial charge in [-0.2, -0.15) is 11.8 Å². The fourth-order valence-electron chi connectivity index (χ4n) is 3.49. The molecule has 0 bridgehead atoms. The maximum absolute atomic E-state index is 13.0. The van der Waals surface area contributed by atoms with Gasteiger partial charge in [-0.25, -0.2) is 0 Å². The predicted octanol–water partition coefficient (Wildman–Crippen LogP) is 4.82. The number of rotatable bonds is 13. The van der Waals surface area contributed by atoms with Gasteiger partial charge in [-0.15, -0.1) is 10.2 Å². The lowest BCUT2D eigenvalue weighted by atomic mass is 10.1. The van der Waals surface area contributed by atoms with E-state index < -0.39 is 16.9 Å². The quantitative estimate of drug-likeness (QED) is 0.166. The first-order chi connectivity index (χ1) is 18.3. The summed E-state index contributed by atoms with van der Waals surface area (Å²) in [5.74, 6) is 1.37. The highest BCUT2D eigenvalue weighted by Crippen LogP contribution is 2.28. The maximum Gasteiger partial charge on any atom is 0.271 e. The zero-order valence-corrected chi connectivity index (χ0v) is 23.4. The van der Waals surface area contributed by atoms with Crippen molar-refractivity contribution in [2.45, 2.75) is 31.1 Å². The van der Waals surface area contributed by atoms with Crippen molar-refractivity contribution in [3.63, 3.8) is 0 Å². The van der Waals surface area contributed by atoms with E-state index in [9.17, 15) is 19.7 Å². The van der Waals surface area contributed by atoms with Crippen molar-refractivity contribution in [3.05, 3.63) is 69.0 Å². The van der Waals surface area contributed by atoms with Gasteiger partial charge in [0.1, 0.15) is 5.75 Å². The van der Waals surface area contributed by atoms with Gasteiger partial charge in [0.2, 0.25) is 5.91 Å². The lowest BCUT2D eigenvalue weighted by Crippen LogP contribution is -2.31. The van der Waals surface area contributed by atoms with Crippen LogP contribution >= 0.6 is 35.1 Å². The fourth-order valence-corrected chi connectivity index (χ4v) is 4.93. The van der Waals surface area contributed by atoms with Crippen molar-refractivity contribution < 1.29 is 19.2 Å². The van der Waals surface area contributed by atoms with Crippen LogP contribution in [0.25, 0.3) is 0 Å². The van der Waals surface area contributed by atoms with E-state index in [1.54, 1.807) is 43.1 Å². The molecule has 3 aromatic rings. The molecule has 0 spiro atoms. The van der Waals surface area contributed by atoms with Crippen molar-refractivity contribution in [1.29, 1.82) is 0 Å². The molecule has 0 aliphatic carbocycles. The summed E-state index contributed by atoms with van der Waals surface area (Å²) in [7, 11) is 1.56. The van der Waals surface area contributed by atoms with Gasteiger partial charge in [0.25, 0.3) is 11.6 Å². The van der Waals surface area contributed by atoms with Crippen molar-refractivity contribution >= 4 is 58.3 Å². The number of halogens is 1. The number of non-ortho nitro benzene ring substituents is 1. The number of nitrogens with one attached hydrogen (secondary N) is 2. The number of benzene rings is 2. The van der Waals surface area contributed by atoms with Crippen LogP contribution in [0.2, 0.25) is 5.02 Å². The first kappa shape index (κ1) is 29.3. The second-order valence-corrected chi connectivity index (χ2v) is 10.2. The molecule has 1 atom stereocenters. The SMILES string of the molecule is CCn1c(SCC(=O)Nc2cc([N+](=O)[O-])ccc2Cl)nnc1C(CCSC)NC(=O)c1ccc(OC)cc1. The molecule has 11 nitrogen and oxygen atoms in total. The summed E-state index contributed by atoms with van der Waals surface area (Å²) in [5, 5.41) is 26.0. The van der Waals surface area contributed by atoms with Gasteiger partial charge in [-0.3, -0.25) is 19.7 Å². The summed E-state index contributed by atoms with van der Waals surface area (Å²) in [5.41, 5.74) is 0.469. The van der Waals surface area contributed by atoms with Crippen LogP contribution < -0.4 is 15.4 Å². The highest BCUT2D eigenvalue weighted by Gasteiger charge is 2.24. The Morgan fingerprint density at radius 2 is 1.95 bits per heavy atom. The molecule has 202 valence electrons. The number of aromatic nitrogens is 3. The number of nitrogens with zero attached hydrogens (tertiary/aromatic N) is 4. The van der Waals surface area contributed by atoms with Gasteiger partial charge in [0, 0.05) is 24.2 Å². The number of nitro benzene ring substituents is 1. The van der Waals surface area contributed by atoms with Gasteiger partial charge in [-0.1, -0.05) is 23.4 Å². The third-order valence-corrected chi connectivity index (χ3v) is 7.35. The van der Waals surface area contributed by atoms with Gasteiger partial charge in [0.05, 0.1) is 34.5 Å². The minimum Gasteiger partial charge on any atom is -0.497 e. The molecule has 3 rings (SSSR count). The molecule has 0 aliphatic rings. The van der Waals surface area contributed by atoms with Crippen LogP contribution in [0.5, 0.6) is 5.75 Å². The smallest absolute Gasteiger partial charge is 0.271 e. The second-order valence-electron chi connectivity index (χ2n) is 7.88. The van der Waals surface area contributed by atoms with Crippen LogP contribution in [0.15, 0.2) is 47.6 Å². The zero-order chi connectivity index (χ0) is 27.7. The number of thioether (sulfide) groups is 2.